The van der Waals surface area contributed by atoms with Crippen molar-refractivity contribution in [3.8, 4) is 11.4 Å². The van der Waals surface area contributed by atoms with Crippen LogP contribution in [0.3, 0.4) is 0 Å². The third-order valence-corrected chi connectivity index (χ3v) is 7.67. The van der Waals surface area contributed by atoms with Crippen LogP contribution in [0.25, 0.3) is 11.4 Å². The molecule has 0 spiro atoms. The van der Waals surface area contributed by atoms with Crippen LogP contribution in [-0.2, 0) is 11.2 Å². The van der Waals surface area contributed by atoms with Gasteiger partial charge in [0.05, 0.1) is 11.6 Å². The van der Waals surface area contributed by atoms with Crippen LogP contribution in [0.2, 0.25) is 10.0 Å². The molecule has 2 N–H and O–H groups in total. The monoisotopic (exact) mass is 557 g/mol. The molecule has 1 aliphatic rings. The molecule has 0 bridgehead atoms. The molecule has 1 aromatic heterocycles. The van der Waals surface area contributed by atoms with E-state index in [9.17, 15) is 9.59 Å². The Morgan fingerprint density at radius 1 is 1.08 bits per heavy atom. The van der Waals surface area contributed by atoms with Crippen LogP contribution in [-0.4, -0.2) is 59.6 Å². The standard InChI is InChI=1S/C28H33Cl2N5O3/c1-35(2)24(15-8-18-6-4-3-5-7-18)19-9-12-21(13-10-19)32-25(36)17-31-27(37)28-33-26(34-38-28)22-14-11-20(29)16-23(22)30/h3-7,11,14,16,19,21,24H,8-10,12-13,15,17H2,1-2H3,(H,31,37)(H,32,36). The summed E-state index contributed by atoms with van der Waals surface area (Å²) in [6.07, 6.45) is 6.16. The molecule has 0 aliphatic heterocycles. The second-order valence-corrected chi connectivity index (χ2v) is 10.8. The first kappa shape index (κ1) is 28.1. The minimum Gasteiger partial charge on any atom is -0.352 e. The quantitative estimate of drug-likeness (QED) is 0.363. The van der Waals surface area contributed by atoms with Crippen molar-refractivity contribution in [2.45, 2.75) is 50.6 Å². The van der Waals surface area contributed by atoms with Gasteiger partial charge in [-0.05, 0) is 82.3 Å². The number of hydrogen-bond acceptors (Lipinski definition) is 6. The molecule has 3 aromatic rings. The Hall–Kier alpha value is -2.94. The van der Waals surface area contributed by atoms with Gasteiger partial charge in [-0.15, -0.1) is 0 Å². The number of nitrogens with zero attached hydrogens (tertiary/aromatic N) is 3. The van der Waals surface area contributed by atoms with E-state index in [1.165, 1.54) is 5.56 Å². The summed E-state index contributed by atoms with van der Waals surface area (Å²) in [4.78, 5) is 31.4. The molecular weight excluding hydrogens is 525 g/mol. The van der Waals surface area contributed by atoms with E-state index in [-0.39, 0.29) is 30.2 Å². The van der Waals surface area contributed by atoms with Crippen LogP contribution in [0, 0.1) is 5.92 Å². The zero-order valence-corrected chi connectivity index (χ0v) is 23.1. The molecule has 202 valence electrons. The Balaban J connectivity index is 1.21. The van der Waals surface area contributed by atoms with E-state index < -0.39 is 5.91 Å². The minimum atomic E-state index is -0.625. The first-order chi connectivity index (χ1) is 18.3. The highest BCUT2D eigenvalue weighted by atomic mass is 35.5. The summed E-state index contributed by atoms with van der Waals surface area (Å²) in [7, 11) is 4.31. The summed E-state index contributed by atoms with van der Waals surface area (Å²) in [6, 6.07) is 16.1. The number of benzene rings is 2. The fourth-order valence-electron chi connectivity index (χ4n) is 5.13. The number of halogens is 2. The van der Waals surface area contributed by atoms with Gasteiger partial charge in [-0.25, -0.2) is 0 Å². The first-order valence-electron chi connectivity index (χ1n) is 12.9. The van der Waals surface area contributed by atoms with Crippen LogP contribution in [0.15, 0.2) is 53.1 Å². The van der Waals surface area contributed by atoms with Crippen LogP contribution in [0.1, 0.15) is 48.4 Å². The Bertz CT molecular complexity index is 1230. The molecule has 1 heterocycles. The van der Waals surface area contributed by atoms with Gasteiger partial charge in [-0.1, -0.05) is 58.7 Å². The molecule has 1 unspecified atom stereocenters. The normalized spacial score (nSPS) is 18.2. The topological polar surface area (TPSA) is 100 Å². The number of aryl methyl sites for hydroxylation is 1. The third-order valence-electron chi connectivity index (χ3n) is 7.12. The highest BCUT2D eigenvalue weighted by molar-refractivity contribution is 6.36. The van der Waals surface area contributed by atoms with E-state index in [0.29, 0.717) is 27.6 Å². The lowest BCUT2D eigenvalue weighted by molar-refractivity contribution is -0.121. The Morgan fingerprint density at radius 2 is 1.82 bits per heavy atom. The third kappa shape index (κ3) is 7.56. The maximum atomic E-state index is 12.5. The van der Waals surface area contributed by atoms with E-state index in [2.05, 4.69) is 64.0 Å². The van der Waals surface area contributed by atoms with Gasteiger partial charge in [0.2, 0.25) is 11.7 Å². The van der Waals surface area contributed by atoms with Crippen LogP contribution < -0.4 is 10.6 Å². The predicted octanol–water partition coefficient (Wildman–Crippen LogP) is 5.01. The molecule has 38 heavy (non-hydrogen) atoms. The predicted molar refractivity (Wildman–Crippen MR) is 148 cm³/mol. The molecule has 1 aliphatic carbocycles. The van der Waals surface area contributed by atoms with Crippen LogP contribution in [0.4, 0.5) is 0 Å². The Labute approximate surface area is 233 Å². The maximum Gasteiger partial charge on any atom is 0.316 e. The average Bonchev–Trinajstić information content (AvgIpc) is 3.39. The van der Waals surface area contributed by atoms with Crippen LogP contribution >= 0.6 is 23.2 Å². The van der Waals surface area contributed by atoms with Crippen molar-refractivity contribution in [1.29, 1.82) is 0 Å². The average molecular weight is 559 g/mol. The molecule has 2 amide bonds. The number of amides is 2. The second-order valence-electron chi connectivity index (χ2n) is 9.96. The van der Waals surface area contributed by atoms with Crippen LogP contribution in [0.5, 0.6) is 0 Å². The summed E-state index contributed by atoms with van der Waals surface area (Å²) >= 11 is 12.1. The summed E-state index contributed by atoms with van der Waals surface area (Å²) in [6.45, 7) is -0.171. The number of aromatic nitrogens is 2. The summed E-state index contributed by atoms with van der Waals surface area (Å²) in [5, 5.41) is 10.2. The molecule has 0 saturated heterocycles. The fourth-order valence-corrected chi connectivity index (χ4v) is 5.63. The lowest BCUT2D eigenvalue weighted by Gasteiger charge is -2.37. The fraction of sp³-hybridized carbons (Fsp3) is 0.429. The Morgan fingerprint density at radius 3 is 2.50 bits per heavy atom. The molecule has 4 rings (SSSR count). The van der Waals surface area contributed by atoms with E-state index >= 15 is 0 Å². The SMILES string of the molecule is CN(C)C(CCc1ccccc1)C1CCC(NC(=O)CNC(=O)c2nc(-c3ccc(Cl)cc3Cl)no2)CC1. The molecular formula is C28H33Cl2N5O3. The van der Waals surface area contributed by atoms with Crippen molar-refractivity contribution in [3.05, 3.63) is 70.0 Å². The highest BCUT2D eigenvalue weighted by Crippen LogP contribution is 2.31. The number of carbonyl (C=O) groups excluding carboxylic acids is 2. The molecule has 0 radical (unpaired) electrons. The minimum absolute atomic E-state index is 0.106. The van der Waals surface area contributed by atoms with Gasteiger partial charge >= 0.3 is 11.8 Å². The first-order valence-corrected chi connectivity index (χ1v) is 13.6. The van der Waals surface area contributed by atoms with Gasteiger partial charge in [-0.2, -0.15) is 4.98 Å². The largest absolute Gasteiger partial charge is 0.352 e. The molecule has 1 atom stereocenters. The van der Waals surface area contributed by atoms with Gasteiger partial charge in [0, 0.05) is 22.7 Å². The summed E-state index contributed by atoms with van der Waals surface area (Å²) < 4.78 is 5.05. The zero-order chi connectivity index (χ0) is 27.1. The number of nitrogens with one attached hydrogen (secondary N) is 2. The van der Waals surface area contributed by atoms with E-state index in [4.69, 9.17) is 27.7 Å². The van der Waals surface area contributed by atoms with E-state index in [1.807, 2.05) is 6.07 Å². The van der Waals surface area contributed by atoms with Gasteiger partial charge in [0.15, 0.2) is 0 Å². The molecule has 8 nitrogen and oxygen atoms in total. The van der Waals surface area contributed by atoms with Gasteiger partial charge in [-0.3, -0.25) is 9.59 Å². The van der Waals surface area contributed by atoms with Crippen molar-refractivity contribution >= 4 is 35.0 Å². The highest BCUT2D eigenvalue weighted by Gasteiger charge is 2.29. The van der Waals surface area contributed by atoms with Crippen molar-refractivity contribution in [3.63, 3.8) is 0 Å². The summed E-state index contributed by atoms with van der Waals surface area (Å²) in [5.41, 5.74) is 1.86. The lowest BCUT2D eigenvalue weighted by atomic mass is 9.79. The molecule has 2 aromatic carbocycles. The van der Waals surface area contributed by atoms with Crippen molar-refractivity contribution in [1.82, 2.24) is 25.7 Å². The van der Waals surface area contributed by atoms with Gasteiger partial charge in [0.1, 0.15) is 0 Å². The smallest absolute Gasteiger partial charge is 0.316 e. The molecule has 1 fully saturated rings. The van der Waals surface area contributed by atoms with Crippen molar-refractivity contribution < 1.29 is 14.1 Å². The summed E-state index contributed by atoms with van der Waals surface area (Å²) in [5.74, 6) is -0.347. The lowest BCUT2D eigenvalue weighted by Crippen LogP contribution is -2.45. The maximum absolute atomic E-state index is 12.5. The van der Waals surface area contributed by atoms with Crippen molar-refractivity contribution in [2.24, 2.45) is 5.92 Å². The van der Waals surface area contributed by atoms with Gasteiger partial charge in [0.25, 0.3) is 0 Å². The molecule has 10 heteroatoms. The van der Waals surface area contributed by atoms with E-state index in [1.54, 1.807) is 18.2 Å². The number of rotatable bonds is 10. The number of carbonyl (C=O) groups is 2. The van der Waals surface area contributed by atoms with E-state index in [0.717, 1.165) is 38.5 Å². The molecule has 1 saturated carbocycles. The Kier molecular flexibility index (Phi) is 9.77. The second kappa shape index (κ2) is 13.2. The van der Waals surface area contributed by atoms with Gasteiger partial charge < -0.3 is 20.1 Å². The zero-order valence-electron chi connectivity index (χ0n) is 21.6. The number of hydrogen-bond donors (Lipinski definition) is 2. The van der Waals surface area contributed by atoms with Crippen molar-refractivity contribution in [2.75, 3.05) is 20.6 Å².